The summed E-state index contributed by atoms with van der Waals surface area (Å²) >= 11 is 0. The summed E-state index contributed by atoms with van der Waals surface area (Å²) in [6.45, 7) is 30.7. The lowest BCUT2D eigenvalue weighted by Gasteiger charge is -2.47. The summed E-state index contributed by atoms with van der Waals surface area (Å²) in [7, 11) is 0. The third-order valence-corrected chi connectivity index (χ3v) is 15.5. The molecule has 0 radical (unpaired) electrons. The third kappa shape index (κ3) is 5.44. The zero-order valence-electron chi connectivity index (χ0n) is 39.2. The van der Waals surface area contributed by atoms with E-state index in [1.807, 2.05) is 0 Å². The molecule has 2 aliphatic heterocycles. The maximum atomic E-state index is 7.39. The molecule has 0 amide bonds. The second-order valence-corrected chi connectivity index (χ2v) is 23.0. The quantitative estimate of drug-likeness (QED) is 0.162. The van der Waals surface area contributed by atoms with Crippen molar-refractivity contribution in [3.63, 3.8) is 0 Å². The first-order valence-electron chi connectivity index (χ1n) is 23.0. The van der Waals surface area contributed by atoms with Crippen LogP contribution in [0.5, 0.6) is 0 Å². The van der Waals surface area contributed by atoms with E-state index in [9.17, 15) is 0 Å². The van der Waals surface area contributed by atoms with Crippen LogP contribution in [0.25, 0.3) is 22.1 Å². The molecule has 62 heavy (non-hydrogen) atoms. The predicted octanol–water partition coefficient (Wildman–Crippen LogP) is 14.1. The molecule has 1 aromatic heterocycles. The van der Waals surface area contributed by atoms with Crippen LogP contribution in [0.2, 0.25) is 0 Å². The van der Waals surface area contributed by atoms with Crippen molar-refractivity contribution in [1.29, 1.82) is 0 Å². The van der Waals surface area contributed by atoms with Gasteiger partial charge in [0.15, 0.2) is 0 Å². The zero-order valence-corrected chi connectivity index (χ0v) is 39.2. The minimum atomic E-state index is -0.123. The van der Waals surface area contributed by atoms with Crippen LogP contribution in [0.15, 0.2) is 114 Å². The fourth-order valence-electron chi connectivity index (χ4n) is 11.7. The maximum Gasteiger partial charge on any atom is 0.297 e. The molecule has 2 aliphatic carbocycles. The largest absolute Gasteiger partial charge is 0.468 e. The van der Waals surface area contributed by atoms with Crippen molar-refractivity contribution in [3.8, 4) is 11.1 Å². The van der Waals surface area contributed by atoms with Crippen LogP contribution >= 0.6 is 0 Å². The summed E-state index contributed by atoms with van der Waals surface area (Å²) in [5.74, 6) is 0. The van der Waals surface area contributed by atoms with E-state index in [0.29, 0.717) is 0 Å². The topological polar surface area (TPSA) is 19.6 Å². The van der Waals surface area contributed by atoms with E-state index >= 15 is 0 Å². The molecule has 0 saturated carbocycles. The minimum absolute atomic E-state index is 0.0215. The normalized spacial score (nSPS) is 17.6. The van der Waals surface area contributed by atoms with Gasteiger partial charge in [-0.15, -0.1) is 0 Å². The smallest absolute Gasteiger partial charge is 0.297 e. The van der Waals surface area contributed by atoms with Gasteiger partial charge in [-0.2, -0.15) is 0 Å². The van der Waals surface area contributed by atoms with Crippen molar-refractivity contribution in [1.82, 2.24) is 0 Å². The van der Waals surface area contributed by atoms with Gasteiger partial charge in [0.2, 0.25) is 0 Å². The van der Waals surface area contributed by atoms with E-state index in [1.54, 1.807) is 0 Å². The highest BCUT2D eigenvalue weighted by Crippen LogP contribution is 2.57. The first-order chi connectivity index (χ1) is 29.2. The summed E-state index contributed by atoms with van der Waals surface area (Å²) in [6.07, 6.45) is 2.31. The van der Waals surface area contributed by atoms with E-state index in [4.69, 9.17) is 4.42 Å². The Labute approximate surface area is 370 Å². The van der Waals surface area contributed by atoms with Gasteiger partial charge in [-0.3, -0.25) is 0 Å². The molecule has 0 saturated heterocycles. The fraction of sp³-hybridized carbons (Fsp3) is 0.345. The monoisotopic (exact) mass is 812 g/mol. The molecule has 0 fully saturated rings. The zero-order chi connectivity index (χ0) is 43.6. The van der Waals surface area contributed by atoms with Crippen LogP contribution in [0.4, 0.5) is 34.1 Å². The molecule has 0 N–H and O–H groups in total. The Morgan fingerprint density at radius 1 is 0.565 bits per heavy atom. The molecule has 312 valence electrons. The highest BCUT2D eigenvalue weighted by Gasteiger charge is 2.50. The second-order valence-electron chi connectivity index (χ2n) is 23.0. The van der Waals surface area contributed by atoms with Crippen LogP contribution in [0.3, 0.4) is 0 Å². The average molecular weight is 813 g/mol. The van der Waals surface area contributed by atoms with Crippen molar-refractivity contribution in [2.24, 2.45) is 0 Å². The molecular weight excluding hydrogens is 751 g/mol. The molecule has 0 atom stereocenters. The summed E-state index contributed by atoms with van der Waals surface area (Å²) in [5.41, 5.74) is 24.1. The number of benzene rings is 6. The van der Waals surface area contributed by atoms with Gasteiger partial charge in [0.1, 0.15) is 5.58 Å². The Morgan fingerprint density at radius 2 is 1.18 bits per heavy atom. The molecule has 0 unspecified atom stereocenters. The first-order valence-corrected chi connectivity index (χ1v) is 23.0. The fourth-order valence-corrected chi connectivity index (χ4v) is 11.7. The Bertz CT molecular complexity index is 3040. The standard InChI is InChI=1S/C58H61BN2O/c1-34-29-47-51-48(30-34)61(45-20-16-19-41-50(45)38-17-14-15-18-40(38)58(41,12)13)46-33-43-42(56(8,9)27-28-57(43,10)11)32-44(46)59(51)53-52(39-31-36(55(5,6)7)23-26-49(39)62-53)60(47)37-24-21-35(22-25-37)54(2,3)4/h14-26,29-33H,27-28H2,1-13H3. The van der Waals surface area contributed by atoms with Gasteiger partial charge in [0, 0.05) is 39.1 Å². The summed E-state index contributed by atoms with van der Waals surface area (Å²) in [5, 5.41) is 1.17. The number of anilines is 6. The van der Waals surface area contributed by atoms with Gasteiger partial charge in [-0.1, -0.05) is 144 Å². The minimum Gasteiger partial charge on any atom is -0.468 e. The van der Waals surface area contributed by atoms with Crippen molar-refractivity contribution in [2.75, 3.05) is 9.80 Å². The Balaban J connectivity index is 1.28. The highest BCUT2D eigenvalue weighted by molar-refractivity contribution is 7.00. The highest BCUT2D eigenvalue weighted by atomic mass is 16.3. The van der Waals surface area contributed by atoms with Crippen LogP contribution in [0, 0.1) is 6.92 Å². The molecule has 7 aromatic rings. The van der Waals surface area contributed by atoms with Crippen LogP contribution in [0.1, 0.15) is 135 Å². The Kier molecular flexibility index (Phi) is 7.99. The number of hydrogen-bond acceptors (Lipinski definition) is 3. The third-order valence-electron chi connectivity index (χ3n) is 15.5. The second kappa shape index (κ2) is 12.6. The predicted molar refractivity (Wildman–Crippen MR) is 265 cm³/mol. The van der Waals surface area contributed by atoms with Crippen molar-refractivity contribution in [2.45, 2.75) is 130 Å². The van der Waals surface area contributed by atoms with Gasteiger partial charge in [0.05, 0.1) is 17.0 Å². The Morgan fingerprint density at radius 3 is 1.85 bits per heavy atom. The molecule has 4 aliphatic rings. The molecule has 6 aromatic carbocycles. The molecule has 0 spiro atoms. The van der Waals surface area contributed by atoms with Crippen molar-refractivity contribution >= 4 is 68.4 Å². The molecule has 4 heteroatoms. The van der Waals surface area contributed by atoms with E-state index in [2.05, 4.69) is 209 Å². The Hall–Kier alpha value is -5.48. The van der Waals surface area contributed by atoms with Gasteiger partial charge in [0.25, 0.3) is 6.71 Å². The lowest BCUT2D eigenvalue weighted by molar-refractivity contribution is 0.332. The maximum absolute atomic E-state index is 7.39. The van der Waals surface area contributed by atoms with E-state index in [1.165, 1.54) is 89.1 Å². The van der Waals surface area contributed by atoms with Gasteiger partial charge >= 0.3 is 0 Å². The molecule has 3 heterocycles. The van der Waals surface area contributed by atoms with Gasteiger partial charge in [-0.25, -0.2) is 0 Å². The average Bonchev–Trinajstić information content (AvgIpc) is 3.70. The number of furan rings is 1. The first kappa shape index (κ1) is 39.4. The SMILES string of the molecule is Cc1cc2c3c(c1)N(c1ccc(C(C)(C)C)cc1)c1c(oc4ccc(C(C)(C)C)cc14)B3c1cc3c(cc1N2c1cccc2c1-c1ccccc1C2(C)C)C(C)(C)CCC3(C)C. The van der Waals surface area contributed by atoms with Crippen LogP contribution in [-0.2, 0) is 27.1 Å². The summed E-state index contributed by atoms with van der Waals surface area (Å²) < 4.78 is 7.39. The molecular formula is C58H61BN2O. The number of hydrogen-bond donors (Lipinski definition) is 0. The van der Waals surface area contributed by atoms with Gasteiger partial charge in [-0.05, 0) is 145 Å². The van der Waals surface area contributed by atoms with Gasteiger partial charge < -0.3 is 14.2 Å². The number of aryl methyl sites for hydroxylation is 1. The summed E-state index contributed by atoms with van der Waals surface area (Å²) in [4.78, 5) is 5.21. The van der Waals surface area contributed by atoms with Crippen LogP contribution in [-0.4, -0.2) is 6.71 Å². The molecule has 3 nitrogen and oxygen atoms in total. The van der Waals surface area contributed by atoms with E-state index in [-0.39, 0.29) is 33.8 Å². The van der Waals surface area contributed by atoms with Crippen molar-refractivity contribution in [3.05, 3.63) is 148 Å². The number of fused-ring (bicyclic) bond motifs is 10. The lowest BCUT2D eigenvalue weighted by Crippen LogP contribution is -2.61. The lowest BCUT2D eigenvalue weighted by atomic mass is 9.35. The molecule has 11 rings (SSSR count). The summed E-state index contributed by atoms with van der Waals surface area (Å²) in [6, 6.07) is 42.6. The number of nitrogens with zero attached hydrogens (tertiary/aromatic N) is 2. The van der Waals surface area contributed by atoms with E-state index in [0.717, 1.165) is 35.5 Å². The van der Waals surface area contributed by atoms with Crippen molar-refractivity contribution < 1.29 is 4.42 Å². The number of rotatable bonds is 2. The van der Waals surface area contributed by atoms with Crippen LogP contribution < -0.4 is 26.4 Å². The van der Waals surface area contributed by atoms with E-state index < -0.39 is 0 Å². The molecule has 0 bridgehead atoms.